The van der Waals surface area contributed by atoms with E-state index in [2.05, 4.69) is 37.1 Å². The highest BCUT2D eigenvalue weighted by Crippen LogP contribution is 2.19. The summed E-state index contributed by atoms with van der Waals surface area (Å²) in [6.07, 6.45) is 3.13. The molecule has 1 rings (SSSR count). The van der Waals surface area contributed by atoms with Crippen molar-refractivity contribution in [3.63, 3.8) is 0 Å². The highest BCUT2D eigenvalue weighted by Gasteiger charge is 2.20. The van der Waals surface area contributed by atoms with E-state index in [0.29, 0.717) is 5.92 Å². The molecule has 0 aromatic carbocycles. The molecule has 0 saturated carbocycles. The lowest BCUT2D eigenvalue weighted by molar-refractivity contribution is 0.434. The fourth-order valence-corrected chi connectivity index (χ4v) is 1.71. The summed E-state index contributed by atoms with van der Waals surface area (Å²) in [7, 11) is 0. The van der Waals surface area contributed by atoms with E-state index in [-0.39, 0.29) is 5.41 Å². The molecule has 3 nitrogen and oxygen atoms in total. The summed E-state index contributed by atoms with van der Waals surface area (Å²) in [6.45, 7) is 9.50. The Labute approximate surface area is 98.8 Å². The van der Waals surface area contributed by atoms with Crippen LogP contribution in [-0.4, -0.2) is 24.6 Å². The predicted molar refractivity (Wildman–Crippen MR) is 69.5 cm³/mol. The van der Waals surface area contributed by atoms with Crippen molar-refractivity contribution in [2.45, 2.75) is 32.6 Å². The molecule has 0 bridgehead atoms. The van der Waals surface area contributed by atoms with Crippen LogP contribution in [0.4, 0.5) is 0 Å². The van der Waals surface area contributed by atoms with E-state index >= 15 is 0 Å². The van der Waals surface area contributed by atoms with Gasteiger partial charge in [0, 0.05) is 23.9 Å². The molecule has 1 aromatic rings. The Balaban J connectivity index is 2.27. The Bertz CT molecular complexity index is 277. The molecule has 0 radical (unpaired) electrons. The lowest BCUT2D eigenvalue weighted by Crippen LogP contribution is -2.34. The largest absolute Gasteiger partial charge is 0.365 e. The third kappa shape index (κ3) is 3.99. The number of nitrogens with one attached hydrogen (secondary N) is 2. The lowest BCUT2D eigenvalue weighted by Gasteiger charge is -2.24. The minimum absolute atomic E-state index is 0.162. The summed E-state index contributed by atoms with van der Waals surface area (Å²) in [4.78, 5) is 3.28. The van der Waals surface area contributed by atoms with E-state index in [0.717, 1.165) is 26.1 Å². The summed E-state index contributed by atoms with van der Waals surface area (Å²) < 4.78 is 0. The van der Waals surface area contributed by atoms with Crippen LogP contribution in [0.15, 0.2) is 18.3 Å². The molecule has 3 heteroatoms. The van der Waals surface area contributed by atoms with Crippen molar-refractivity contribution in [1.29, 1.82) is 0 Å². The van der Waals surface area contributed by atoms with Crippen molar-refractivity contribution in [2.24, 2.45) is 11.7 Å². The zero-order chi connectivity index (χ0) is 12.0. The Morgan fingerprint density at radius 1 is 1.50 bits per heavy atom. The average molecular weight is 223 g/mol. The highest BCUT2D eigenvalue weighted by atomic mass is 14.9. The van der Waals surface area contributed by atoms with Gasteiger partial charge in [0.25, 0.3) is 0 Å². The number of rotatable bonds is 7. The zero-order valence-corrected chi connectivity index (χ0v) is 10.7. The molecule has 1 heterocycles. The minimum Gasteiger partial charge on any atom is -0.365 e. The van der Waals surface area contributed by atoms with Crippen LogP contribution < -0.4 is 11.1 Å². The Morgan fingerprint density at radius 2 is 2.25 bits per heavy atom. The summed E-state index contributed by atoms with van der Waals surface area (Å²) in [5.41, 5.74) is 7.03. The predicted octanol–water partition coefficient (Wildman–Crippen LogP) is 1.87. The fraction of sp³-hybridized carbons (Fsp3) is 0.692. The van der Waals surface area contributed by atoms with Crippen LogP contribution in [0.2, 0.25) is 0 Å². The number of hydrogen-bond donors (Lipinski definition) is 3. The molecule has 92 valence electrons. The molecule has 1 aromatic heterocycles. The van der Waals surface area contributed by atoms with Crippen LogP contribution in [0.5, 0.6) is 0 Å². The molecule has 0 saturated heterocycles. The molecule has 1 atom stereocenters. The van der Waals surface area contributed by atoms with Crippen molar-refractivity contribution in [1.82, 2.24) is 10.3 Å². The first-order valence-electron chi connectivity index (χ1n) is 6.11. The van der Waals surface area contributed by atoms with E-state index in [1.807, 2.05) is 12.3 Å². The van der Waals surface area contributed by atoms with Gasteiger partial charge in [-0.1, -0.05) is 20.8 Å². The van der Waals surface area contributed by atoms with Crippen LogP contribution in [0.25, 0.3) is 0 Å². The summed E-state index contributed by atoms with van der Waals surface area (Å²) >= 11 is 0. The van der Waals surface area contributed by atoms with Crippen LogP contribution in [0.1, 0.15) is 32.9 Å². The summed E-state index contributed by atoms with van der Waals surface area (Å²) in [5.74, 6) is 0.612. The van der Waals surface area contributed by atoms with E-state index < -0.39 is 0 Å². The second-order valence-corrected chi connectivity index (χ2v) is 5.27. The van der Waals surface area contributed by atoms with Gasteiger partial charge in [-0.25, -0.2) is 0 Å². The van der Waals surface area contributed by atoms with Gasteiger partial charge in [0.1, 0.15) is 0 Å². The molecule has 0 amide bonds. The number of H-pyrrole nitrogens is 1. The molecule has 1 unspecified atom stereocenters. The highest BCUT2D eigenvalue weighted by molar-refractivity contribution is 5.15. The second kappa shape index (κ2) is 6.06. The normalized spacial score (nSPS) is 14.0. The topological polar surface area (TPSA) is 53.8 Å². The van der Waals surface area contributed by atoms with Crippen molar-refractivity contribution >= 4 is 0 Å². The van der Waals surface area contributed by atoms with Crippen LogP contribution in [-0.2, 0) is 5.41 Å². The van der Waals surface area contributed by atoms with Gasteiger partial charge in [0.05, 0.1) is 0 Å². The van der Waals surface area contributed by atoms with E-state index in [9.17, 15) is 0 Å². The maximum Gasteiger partial charge on any atom is 0.0217 e. The average Bonchev–Trinajstić information content (AvgIpc) is 2.78. The summed E-state index contributed by atoms with van der Waals surface area (Å²) in [5, 5.41) is 3.50. The lowest BCUT2D eigenvalue weighted by atomic mass is 9.89. The number of aromatic nitrogens is 1. The molecule has 0 spiro atoms. The van der Waals surface area contributed by atoms with E-state index in [4.69, 9.17) is 5.73 Å². The molecular formula is C13H25N3. The van der Waals surface area contributed by atoms with Gasteiger partial charge in [-0.05, 0) is 37.6 Å². The molecule has 0 aliphatic rings. The van der Waals surface area contributed by atoms with Gasteiger partial charge in [-0.15, -0.1) is 0 Å². The maximum absolute atomic E-state index is 5.58. The molecular weight excluding hydrogens is 198 g/mol. The third-order valence-electron chi connectivity index (χ3n) is 3.11. The summed E-state index contributed by atoms with van der Waals surface area (Å²) in [6, 6.07) is 4.19. The minimum atomic E-state index is 0.162. The Kier molecular flexibility index (Phi) is 5.03. The molecule has 4 N–H and O–H groups in total. The third-order valence-corrected chi connectivity index (χ3v) is 3.11. The number of aromatic amines is 1. The van der Waals surface area contributed by atoms with Crippen LogP contribution in [0.3, 0.4) is 0 Å². The van der Waals surface area contributed by atoms with Crippen LogP contribution >= 0.6 is 0 Å². The van der Waals surface area contributed by atoms with Gasteiger partial charge in [-0.3, -0.25) is 0 Å². The monoisotopic (exact) mass is 223 g/mol. The molecule has 0 aliphatic heterocycles. The number of hydrogen-bond acceptors (Lipinski definition) is 2. The van der Waals surface area contributed by atoms with Crippen molar-refractivity contribution in [3.05, 3.63) is 24.0 Å². The first kappa shape index (κ1) is 13.3. The van der Waals surface area contributed by atoms with Gasteiger partial charge >= 0.3 is 0 Å². The van der Waals surface area contributed by atoms with Crippen molar-refractivity contribution in [3.8, 4) is 0 Å². The first-order valence-corrected chi connectivity index (χ1v) is 6.11. The van der Waals surface area contributed by atoms with Crippen molar-refractivity contribution < 1.29 is 0 Å². The zero-order valence-electron chi connectivity index (χ0n) is 10.7. The standard InChI is InChI=1S/C13H25N3/c1-11(9-14)6-8-15-10-13(2,3)12-5-4-7-16-12/h4-5,7,11,15-16H,6,8-10,14H2,1-3H3. The smallest absolute Gasteiger partial charge is 0.0217 e. The SMILES string of the molecule is CC(CN)CCNCC(C)(C)c1ccc[nH]1. The van der Waals surface area contributed by atoms with Gasteiger partial charge < -0.3 is 16.0 Å². The molecule has 16 heavy (non-hydrogen) atoms. The Hall–Kier alpha value is -0.800. The Morgan fingerprint density at radius 3 is 2.81 bits per heavy atom. The van der Waals surface area contributed by atoms with E-state index in [1.54, 1.807) is 0 Å². The quantitative estimate of drug-likeness (QED) is 0.618. The molecule has 0 aliphatic carbocycles. The van der Waals surface area contributed by atoms with E-state index in [1.165, 1.54) is 5.69 Å². The van der Waals surface area contributed by atoms with Gasteiger partial charge in [0.2, 0.25) is 0 Å². The van der Waals surface area contributed by atoms with Crippen LogP contribution in [0, 0.1) is 5.92 Å². The van der Waals surface area contributed by atoms with Gasteiger partial charge in [0.15, 0.2) is 0 Å². The second-order valence-electron chi connectivity index (χ2n) is 5.27. The van der Waals surface area contributed by atoms with Gasteiger partial charge in [-0.2, -0.15) is 0 Å². The maximum atomic E-state index is 5.58. The fourth-order valence-electron chi connectivity index (χ4n) is 1.71. The number of nitrogens with two attached hydrogens (primary N) is 1. The molecule has 0 fully saturated rings. The van der Waals surface area contributed by atoms with Crippen molar-refractivity contribution in [2.75, 3.05) is 19.6 Å². The first-order chi connectivity index (χ1) is 7.56.